The number of carbonyl (C=O) groups is 2. The van der Waals surface area contributed by atoms with Crippen molar-refractivity contribution < 1.29 is 24.1 Å². The third-order valence-electron chi connectivity index (χ3n) is 8.75. The summed E-state index contributed by atoms with van der Waals surface area (Å²) >= 11 is 0. The van der Waals surface area contributed by atoms with Crippen LogP contribution in [-0.4, -0.2) is 24.6 Å². The molecule has 1 atom stereocenters. The van der Waals surface area contributed by atoms with Gasteiger partial charge in [0.05, 0.1) is 0 Å². The second-order valence-corrected chi connectivity index (χ2v) is 13.4. The molecule has 0 aromatic heterocycles. The minimum Gasteiger partial charge on any atom is -0.463 e. The normalized spacial score (nSPS) is 12.0. The van der Waals surface area contributed by atoms with Gasteiger partial charge in [0.15, 0.2) is 0 Å². The molecule has 5 heteroatoms. The Morgan fingerprint density at radius 3 is 1.00 bits per heavy atom. The first-order valence-electron chi connectivity index (χ1n) is 19.6. The highest BCUT2D eigenvalue weighted by atomic mass is 17.2. The van der Waals surface area contributed by atoms with Gasteiger partial charge in [-0.05, 0) is 19.8 Å². The topological polar surface area (TPSA) is 61.8 Å². The first kappa shape index (κ1) is 42.9. The van der Waals surface area contributed by atoms with Gasteiger partial charge in [0.1, 0.15) is 12.7 Å². The Morgan fingerprint density at radius 2 is 0.682 bits per heavy atom. The van der Waals surface area contributed by atoms with E-state index in [2.05, 4.69) is 13.8 Å². The summed E-state index contributed by atoms with van der Waals surface area (Å²) in [6.45, 7) is 6.41. The SMILES string of the molecule is CCCCCCCCCCCCCCCCCC(=O)OCC(C)OOC(=O)CCCCCCCCCCCCCCCCC. The van der Waals surface area contributed by atoms with Crippen molar-refractivity contribution in [3.8, 4) is 0 Å². The molecule has 44 heavy (non-hydrogen) atoms. The van der Waals surface area contributed by atoms with E-state index in [1.54, 1.807) is 6.92 Å². The fourth-order valence-corrected chi connectivity index (χ4v) is 5.77. The molecular formula is C39H76O5. The number of rotatable bonds is 36. The lowest BCUT2D eigenvalue weighted by Crippen LogP contribution is -2.21. The number of hydrogen-bond donors (Lipinski definition) is 0. The van der Waals surface area contributed by atoms with E-state index in [9.17, 15) is 9.59 Å². The van der Waals surface area contributed by atoms with Crippen LogP contribution in [0.4, 0.5) is 0 Å². The fraction of sp³-hybridized carbons (Fsp3) is 0.949. The first-order valence-corrected chi connectivity index (χ1v) is 19.6. The molecule has 0 radical (unpaired) electrons. The molecule has 1 unspecified atom stereocenters. The number of unbranched alkanes of at least 4 members (excludes halogenated alkanes) is 28. The summed E-state index contributed by atoms with van der Waals surface area (Å²) in [5.74, 6) is -0.532. The number of carbonyl (C=O) groups excluding carboxylic acids is 2. The van der Waals surface area contributed by atoms with E-state index in [1.807, 2.05) is 0 Å². The van der Waals surface area contributed by atoms with Crippen LogP contribution in [0.1, 0.15) is 226 Å². The number of hydrogen-bond acceptors (Lipinski definition) is 5. The summed E-state index contributed by atoms with van der Waals surface area (Å²) in [6.07, 6.45) is 39.5. The molecule has 0 fully saturated rings. The second-order valence-electron chi connectivity index (χ2n) is 13.4. The van der Waals surface area contributed by atoms with Crippen LogP contribution in [0, 0.1) is 0 Å². The molecule has 0 saturated carbocycles. The van der Waals surface area contributed by atoms with Crippen LogP contribution >= 0.6 is 0 Å². The molecule has 0 saturated heterocycles. The first-order chi connectivity index (χ1) is 21.6. The van der Waals surface area contributed by atoms with E-state index >= 15 is 0 Å². The molecule has 0 rings (SSSR count). The molecule has 0 heterocycles. The highest BCUT2D eigenvalue weighted by Gasteiger charge is 2.12. The highest BCUT2D eigenvalue weighted by Crippen LogP contribution is 2.15. The zero-order valence-corrected chi connectivity index (χ0v) is 30.0. The van der Waals surface area contributed by atoms with Crippen LogP contribution in [0.3, 0.4) is 0 Å². The Bertz CT molecular complexity index is 543. The van der Waals surface area contributed by atoms with Crippen molar-refractivity contribution in [3.63, 3.8) is 0 Å². The van der Waals surface area contributed by atoms with Gasteiger partial charge in [0, 0.05) is 12.8 Å². The molecule has 262 valence electrons. The van der Waals surface area contributed by atoms with Crippen LogP contribution in [0.15, 0.2) is 0 Å². The Balaban J connectivity index is 3.37. The van der Waals surface area contributed by atoms with E-state index < -0.39 is 6.10 Å². The average molecular weight is 625 g/mol. The highest BCUT2D eigenvalue weighted by molar-refractivity contribution is 5.69. The van der Waals surface area contributed by atoms with Crippen molar-refractivity contribution in [1.29, 1.82) is 0 Å². The number of ether oxygens (including phenoxy) is 1. The van der Waals surface area contributed by atoms with Crippen LogP contribution in [-0.2, 0) is 24.1 Å². The largest absolute Gasteiger partial charge is 0.463 e. The Morgan fingerprint density at radius 1 is 0.409 bits per heavy atom. The van der Waals surface area contributed by atoms with Crippen molar-refractivity contribution in [2.45, 2.75) is 232 Å². The van der Waals surface area contributed by atoms with E-state index in [0.29, 0.717) is 12.8 Å². The molecule has 5 nitrogen and oxygen atoms in total. The molecule has 0 aliphatic rings. The zero-order valence-electron chi connectivity index (χ0n) is 30.0. The van der Waals surface area contributed by atoms with Crippen molar-refractivity contribution in [3.05, 3.63) is 0 Å². The average Bonchev–Trinajstić information content (AvgIpc) is 3.02. The van der Waals surface area contributed by atoms with Gasteiger partial charge < -0.3 is 4.74 Å². The maximum atomic E-state index is 12.0. The Hall–Kier alpha value is -1.10. The van der Waals surface area contributed by atoms with Gasteiger partial charge in [-0.2, -0.15) is 4.89 Å². The monoisotopic (exact) mass is 625 g/mol. The zero-order chi connectivity index (χ0) is 32.2. The van der Waals surface area contributed by atoms with Gasteiger partial charge in [-0.1, -0.05) is 194 Å². The third-order valence-corrected chi connectivity index (χ3v) is 8.75. The van der Waals surface area contributed by atoms with E-state index in [-0.39, 0.29) is 18.5 Å². The molecule has 0 spiro atoms. The quantitative estimate of drug-likeness (QED) is 0.0300. The van der Waals surface area contributed by atoms with Crippen LogP contribution in [0.2, 0.25) is 0 Å². The summed E-state index contributed by atoms with van der Waals surface area (Å²) in [5, 5.41) is 0. The van der Waals surface area contributed by atoms with E-state index in [0.717, 1.165) is 25.7 Å². The van der Waals surface area contributed by atoms with Crippen molar-refractivity contribution in [1.82, 2.24) is 0 Å². The van der Waals surface area contributed by atoms with Crippen LogP contribution in [0.5, 0.6) is 0 Å². The summed E-state index contributed by atoms with van der Waals surface area (Å²) in [6, 6.07) is 0. The lowest BCUT2D eigenvalue weighted by molar-refractivity contribution is -0.299. The van der Waals surface area contributed by atoms with Crippen molar-refractivity contribution in [2.75, 3.05) is 6.61 Å². The smallest absolute Gasteiger partial charge is 0.342 e. The molecule has 0 aliphatic carbocycles. The minimum absolute atomic E-state index is 0.115. The lowest BCUT2D eigenvalue weighted by Gasteiger charge is -2.12. The van der Waals surface area contributed by atoms with Crippen LogP contribution < -0.4 is 0 Å². The van der Waals surface area contributed by atoms with E-state index in [1.165, 1.54) is 167 Å². The maximum Gasteiger partial charge on any atom is 0.342 e. The summed E-state index contributed by atoms with van der Waals surface area (Å²) in [5.41, 5.74) is 0. The fourth-order valence-electron chi connectivity index (χ4n) is 5.77. The summed E-state index contributed by atoms with van der Waals surface area (Å²) in [4.78, 5) is 34.0. The minimum atomic E-state index is -0.454. The van der Waals surface area contributed by atoms with E-state index in [4.69, 9.17) is 14.5 Å². The summed E-state index contributed by atoms with van der Waals surface area (Å²) < 4.78 is 5.29. The van der Waals surface area contributed by atoms with Gasteiger partial charge in [-0.15, -0.1) is 0 Å². The van der Waals surface area contributed by atoms with Gasteiger partial charge >= 0.3 is 11.9 Å². The molecule has 0 bridgehead atoms. The predicted molar refractivity (Wildman–Crippen MR) is 187 cm³/mol. The van der Waals surface area contributed by atoms with Crippen LogP contribution in [0.25, 0.3) is 0 Å². The predicted octanol–water partition coefficient (Wildman–Crippen LogP) is 12.9. The molecule has 0 aliphatic heterocycles. The number of esters is 1. The van der Waals surface area contributed by atoms with Crippen molar-refractivity contribution >= 4 is 11.9 Å². The third kappa shape index (κ3) is 35.4. The van der Waals surface area contributed by atoms with Gasteiger partial charge in [0.25, 0.3) is 0 Å². The molecule has 0 N–H and O–H groups in total. The standard InChI is InChI=1S/C39H76O5/c1-4-6-8-10-12-14-16-18-20-22-24-26-28-30-32-34-38(40)42-36-37(3)43-44-39(41)35-33-31-29-27-25-23-21-19-17-15-13-11-9-7-5-2/h37H,4-36H2,1-3H3. The van der Waals surface area contributed by atoms with Gasteiger partial charge in [0.2, 0.25) is 0 Å². The molecular weight excluding hydrogens is 548 g/mol. The van der Waals surface area contributed by atoms with Gasteiger partial charge in [-0.3, -0.25) is 9.68 Å². The molecule has 0 aromatic rings. The maximum absolute atomic E-state index is 12.0. The Kier molecular flexibility index (Phi) is 35.5. The molecule has 0 aromatic carbocycles. The summed E-state index contributed by atoms with van der Waals surface area (Å²) in [7, 11) is 0. The lowest BCUT2D eigenvalue weighted by atomic mass is 10.0. The van der Waals surface area contributed by atoms with Crippen molar-refractivity contribution in [2.24, 2.45) is 0 Å². The second kappa shape index (κ2) is 36.4. The van der Waals surface area contributed by atoms with Gasteiger partial charge in [-0.25, -0.2) is 4.79 Å². The molecule has 0 amide bonds. The Labute approximate surface area is 274 Å².